The third-order valence-corrected chi connectivity index (χ3v) is 5.81. The van der Waals surface area contributed by atoms with Crippen LogP contribution in [0.2, 0.25) is 0 Å². The van der Waals surface area contributed by atoms with Gasteiger partial charge in [-0.1, -0.05) is 25.5 Å². The van der Waals surface area contributed by atoms with Crippen LogP contribution in [0.15, 0.2) is 40.1 Å². The highest BCUT2D eigenvalue weighted by atomic mass is 16.5. The average Bonchev–Trinajstić information content (AvgIpc) is 3.31. The molecule has 3 heterocycles. The molecule has 0 amide bonds. The second-order valence-corrected chi connectivity index (χ2v) is 7.95. The van der Waals surface area contributed by atoms with E-state index in [0.717, 1.165) is 35.2 Å². The maximum atomic E-state index is 13.2. The van der Waals surface area contributed by atoms with Crippen LogP contribution in [0, 0.1) is 6.92 Å². The number of carbonyl (C=O) groups is 1. The number of rotatable bonds is 7. The van der Waals surface area contributed by atoms with Crippen molar-refractivity contribution in [2.75, 3.05) is 7.11 Å². The lowest BCUT2D eigenvalue weighted by Gasteiger charge is -2.08. The Hall–Kier alpha value is -3.62. The molecule has 9 nitrogen and oxygen atoms in total. The SMILES string of the molecule is CCCCc1ccc(-n2c(C)cn3c4c(=O)n(CCC(=O)OC)c(=O)n(C)c4nc23)cc1. The largest absolute Gasteiger partial charge is 0.469 e. The molecule has 0 unspecified atom stereocenters. The number of imidazole rings is 2. The van der Waals surface area contributed by atoms with Gasteiger partial charge in [-0.3, -0.25) is 27.7 Å². The van der Waals surface area contributed by atoms with E-state index in [4.69, 9.17) is 0 Å². The van der Waals surface area contributed by atoms with Gasteiger partial charge in [0.05, 0.1) is 13.5 Å². The maximum Gasteiger partial charge on any atom is 0.332 e. The van der Waals surface area contributed by atoms with E-state index in [0.29, 0.717) is 16.9 Å². The standard InChI is InChI=1S/C23H27N5O4/c1-5-6-7-16-8-10-17(11-9-16)28-15(2)14-27-19-20(24-22(27)28)25(3)23(31)26(21(19)30)13-12-18(29)32-4/h8-11,14H,5-7,12-13H2,1-4H3. The summed E-state index contributed by atoms with van der Waals surface area (Å²) in [4.78, 5) is 42.2. The van der Waals surface area contributed by atoms with Crippen molar-refractivity contribution >= 4 is 22.9 Å². The number of methoxy groups -OCH3 is 1. The molecule has 0 N–H and O–H groups in total. The summed E-state index contributed by atoms with van der Waals surface area (Å²) in [5, 5.41) is 0. The molecule has 0 aliphatic rings. The molecule has 168 valence electrons. The van der Waals surface area contributed by atoms with Crippen molar-refractivity contribution in [2.45, 2.75) is 46.1 Å². The number of carbonyl (C=O) groups excluding carboxylic acids is 1. The summed E-state index contributed by atoms with van der Waals surface area (Å²) >= 11 is 0. The number of nitrogens with zero attached hydrogens (tertiary/aromatic N) is 5. The quantitative estimate of drug-likeness (QED) is 0.414. The van der Waals surface area contributed by atoms with Crippen LogP contribution >= 0.6 is 0 Å². The predicted molar refractivity (Wildman–Crippen MR) is 122 cm³/mol. The Morgan fingerprint density at radius 2 is 1.88 bits per heavy atom. The molecule has 0 spiro atoms. The summed E-state index contributed by atoms with van der Waals surface area (Å²) in [5.74, 6) is 0.0680. The zero-order chi connectivity index (χ0) is 23.0. The van der Waals surface area contributed by atoms with E-state index in [2.05, 4.69) is 28.8 Å². The molecule has 0 atom stereocenters. The molecular weight excluding hydrogens is 410 g/mol. The number of ether oxygens (including phenoxy) is 1. The minimum Gasteiger partial charge on any atom is -0.469 e. The smallest absolute Gasteiger partial charge is 0.332 e. The first kappa shape index (κ1) is 21.6. The molecular formula is C23H27N5O4. The second-order valence-electron chi connectivity index (χ2n) is 7.95. The van der Waals surface area contributed by atoms with E-state index in [-0.39, 0.29) is 13.0 Å². The van der Waals surface area contributed by atoms with E-state index < -0.39 is 17.2 Å². The normalized spacial score (nSPS) is 11.5. The summed E-state index contributed by atoms with van der Waals surface area (Å²) in [6, 6.07) is 8.31. The van der Waals surface area contributed by atoms with Crippen molar-refractivity contribution in [2.24, 2.45) is 7.05 Å². The first-order chi connectivity index (χ1) is 15.4. The summed E-state index contributed by atoms with van der Waals surface area (Å²) in [5.41, 5.74) is 2.73. The topological polar surface area (TPSA) is 92.5 Å². The van der Waals surface area contributed by atoms with Crippen LogP contribution in [0.25, 0.3) is 22.6 Å². The summed E-state index contributed by atoms with van der Waals surface area (Å²) in [6.45, 7) is 4.07. The van der Waals surface area contributed by atoms with Gasteiger partial charge in [0, 0.05) is 31.2 Å². The van der Waals surface area contributed by atoms with Gasteiger partial charge in [-0.05, 0) is 37.5 Å². The zero-order valence-electron chi connectivity index (χ0n) is 18.8. The van der Waals surface area contributed by atoms with Crippen LogP contribution < -0.4 is 11.2 Å². The fourth-order valence-electron chi connectivity index (χ4n) is 4.02. The van der Waals surface area contributed by atoms with E-state index in [1.54, 1.807) is 11.4 Å². The van der Waals surface area contributed by atoms with Crippen LogP contribution in [0.5, 0.6) is 0 Å². The third-order valence-electron chi connectivity index (χ3n) is 5.81. The maximum absolute atomic E-state index is 13.2. The number of fused-ring (bicyclic) bond motifs is 3. The molecule has 0 aliphatic carbocycles. The number of aromatic nitrogens is 5. The number of aryl methyl sites for hydroxylation is 3. The van der Waals surface area contributed by atoms with Gasteiger partial charge >= 0.3 is 11.7 Å². The molecule has 3 aromatic heterocycles. The monoisotopic (exact) mass is 437 g/mol. The number of hydrogen-bond acceptors (Lipinski definition) is 5. The van der Waals surface area contributed by atoms with Gasteiger partial charge in [-0.25, -0.2) is 4.79 Å². The molecule has 1 aromatic carbocycles. The Bertz CT molecular complexity index is 1420. The Balaban J connectivity index is 1.87. The highest BCUT2D eigenvalue weighted by Crippen LogP contribution is 2.21. The highest BCUT2D eigenvalue weighted by Gasteiger charge is 2.21. The summed E-state index contributed by atoms with van der Waals surface area (Å²) in [7, 11) is 2.85. The van der Waals surface area contributed by atoms with Gasteiger partial charge in [0.2, 0.25) is 5.78 Å². The van der Waals surface area contributed by atoms with E-state index in [1.807, 2.05) is 29.8 Å². The third kappa shape index (κ3) is 3.53. The van der Waals surface area contributed by atoms with E-state index in [1.165, 1.54) is 17.2 Å². The molecule has 0 fully saturated rings. The first-order valence-electron chi connectivity index (χ1n) is 10.7. The minimum absolute atomic E-state index is 0.0553. The highest BCUT2D eigenvalue weighted by molar-refractivity contribution is 5.76. The summed E-state index contributed by atoms with van der Waals surface area (Å²) < 4.78 is 10.7. The van der Waals surface area contributed by atoms with E-state index >= 15 is 0 Å². The van der Waals surface area contributed by atoms with Crippen LogP contribution in [-0.4, -0.2) is 36.2 Å². The zero-order valence-corrected chi connectivity index (χ0v) is 18.8. The average molecular weight is 438 g/mol. The molecule has 4 rings (SSSR count). The van der Waals surface area contributed by atoms with Crippen molar-refractivity contribution in [1.29, 1.82) is 0 Å². The van der Waals surface area contributed by atoms with Crippen molar-refractivity contribution in [1.82, 2.24) is 23.1 Å². The molecule has 0 radical (unpaired) electrons. The fourth-order valence-corrected chi connectivity index (χ4v) is 4.02. The van der Waals surface area contributed by atoms with Crippen molar-refractivity contribution < 1.29 is 9.53 Å². The van der Waals surface area contributed by atoms with Gasteiger partial charge in [0.15, 0.2) is 11.2 Å². The Kier molecular flexibility index (Phi) is 5.73. The lowest BCUT2D eigenvalue weighted by atomic mass is 10.1. The van der Waals surface area contributed by atoms with Crippen LogP contribution in [-0.2, 0) is 29.5 Å². The van der Waals surface area contributed by atoms with Crippen LogP contribution in [0.1, 0.15) is 37.4 Å². The lowest BCUT2D eigenvalue weighted by Crippen LogP contribution is -2.39. The number of hydrogen-bond donors (Lipinski definition) is 0. The molecule has 32 heavy (non-hydrogen) atoms. The second kappa shape index (κ2) is 8.49. The van der Waals surface area contributed by atoms with Gasteiger partial charge in [-0.15, -0.1) is 0 Å². The summed E-state index contributed by atoms with van der Waals surface area (Å²) in [6.07, 6.45) is 5.11. The van der Waals surface area contributed by atoms with Crippen molar-refractivity contribution in [3.63, 3.8) is 0 Å². The molecule has 0 saturated carbocycles. The first-order valence-corrected chi connectivity index (χ1v) is 10.7. The van der Waals surface area contributed by atoms with Crippen molar-refractivity contribution in [3.8, 4) is 5.69 Å². The van der Waals surface area contributed by atoms with Gasteiger partial charge in [-0.2, -0.15) is 4.98 Å². The Morgan fingerprint density at radius 1 is 1.16 bits per heavy atom. The lowest BCUT2D eigenvalue weighted by molar-refractivity contribution is -0.140. The molecule has 0 aliphatic heterocycles. The molecule has 0 saturated heterocycles. The van der Waals surface area contributed by atoms with Gasteiger partial charge < -0.3 is 4.74 Å². The Labute approximate surface area is 184 Å². The molecule has 9 heteroatoms. The van der Waals surface area contributed by atoms with Crippen LogP contribution in [0.4, 0.5) is 0 Å². The van der Waals surface area contributed by atoms with Crippen LogP contribution in [0.3, 0.4) is 0 Å². The predicted octanol–water partition coefficient (Wildman–Crippen LogP) is 2.35. The van der Waals surface area contributed by atoms with Crippen molar-refractivity contribution in [3.05, 3.63) is 62.6 Å². The molecule has 4 aromatic rings. The van der Waals surface area contributed by atoms with E-state index in [9.17, 15) is 14.4 Å². The minimum atomic E-state index is -0.518. The van der Waals surface area contributed by atoms with Gasteiger partial charge in [0.1, 0.15) is 0 Å². The number of benzene rings is 1. The molecule has 0 bridgehead atoms. The van der Waals surface area contributed by atoms with Gasteiger partial charge in [0.25, 0.3) is 5.56 Å². The number of unbranched alkanes of at least 4 members (excludes halogenated alkanes) is 1. The Morgan fingerprint density at radius 3 is 2.53 bits per heavy atom. The fraction of sp³-hybridized carbons (Fsp3) is 0.391. The number of esters is 1.